The second-order valence-corrected chi connectivity index (χ2v) is 7.75. The quantitative estimate of drug-likeness (QED) is 0.318. The summed E-state index contributed by atoms with van der Waals surface area (Å²) in [6, 6.07) is 11.7. The Labute approximate surface area is 193 Å². The second-order valence-electron chi connectivity index (χ2n) is 6.49. The van der Waals surface area contributed by atoms with Gasteiger partial charge in [-0.3, -0.25) is 0 Å². The molecule has 0 unspecified atom stereocenters. The Balaban J connectivity index is 0.00000420. The lowest BCUT2D eigenvalue weighted by atomic mass is 10.2. The van der Waals surface area contributed by atoms with Gasteiger partial charge in [-0.25, -0.2) is 0 Å². The predicted molar refractivity (Wildman–Crippen MR) is 126 cm³/mol. The van der Waals surface area contributed by atoms with E-state index in [1.165, 1.54) is 6.42 Å². The van der Waals surface area contributed by atoms with Gasteiger partial charge in [0.15, 0.2) is 11.5 Å². The van der Waals surface area contributed by atoms with Crippen molar-refractivity contribution >= 4 is 39.9 Å². The number of methoxy groups -OCH3 is 1. The third-order valence-corrected chi connectivity index (χ3v) is 5.19. The van der Waals surface area contributed by atoms with Crippen LogP contribution in [0.1, 0.15) is 37.3 Å². The molecule has 0 aliphatic rings. The van der Waals surface area contributed by atoms with Crippen molar-refractivity contribution in [2.75, 3.05) is 26.9 Å². The summed E-state index contributed by atoms with van der Waals surface area (Å²) in [6.45, 7) is 5.88. The van der Waals surface area contributed by atoms with Gasteiger partial charge >= 0.3 is 0 Å². The maximum absolute atomic E-state index is 6.21. The molecular formula is C22H30BrCl2NO3. The fourth-order valence-electron chi connectivity index (χ4n) is 2.66. The molecule has 0 aromatic heterocycles. The van der Waals surface area contributed by atoms with Gasteiger partial charge in [-0.2, -0.15) is 0 Å². The predicted octanol–water partition coefficient (Wildman–Crippen LogP) is 6.41. The molecule has 1 N–H and O–H groups in total. The van der Waals surface area contributed by atoms with E-state index in [1.54, 1.807) is 7.11 Å². The second kappa shape index (κ2) is 14.9. The zero-order valence-corrected chi connectivity index (χ0v) is 20.2. The fourth-order valence-corrected chi connectivity index (χ4v) is 3.46. The van der Waals surface area contributed by atoms with E-state index in [-0.39, 0.29) is 12.4 Å². The Morgan fingerprint density at radius 3 is 2.59 bits per heavy atom. The number of hydrogen-bond donors (Lipinski definition) is 1. The van der Waals surface area contributed by atoms with E-state index in [2.05, 4.69) is 34.2 Å². The number of nitrogens with one attached hydrogen (secondary N) is 1. The highest BCUT2D eigenvalue weighted by molar-refractivity contribution is 9.10. The average molecular weight is 507 g/mol. The molecule has 0 fully saturated rings. The topological polar surface area (TPSA) is 39.7 Å². The molecule has 2 rings (SSSR count). The van der Waals surface area contributed by atoms with Crippen molar-refractivity contribution in [2.24, 2.45) is 0 Å². The Bertz CT molecular complexity index is 731. The Kier molecular flexibility index (Phi) is 13.4. The van der Waals surface area contributed by atoms with Crippen LogP contribution < -0.4 is 14.8 Å². The smallest absolute Gasteiger partial charge is 0.175 e. The van der Waals surface area contributed by atoms with Gasteiger partial charge in [-0.15, -0.1) is 12.4 Å². The summed E-state index contributed by atoms with van der Waals surface area (Å²) >= 11 is 9.81. The normalized spacial score (nSPS) is 10.5. The SMILES string of the molecule is CCCCOCCCNCc1cc(Br)c(OCc2ccccc2Cl)c(OC)c1.Cl. The molecule has 0 radical (unpaired) electrons. The third kappa shape index (κ3) is 9.14. The van der Waals surface area contributed by atoms with Crippen LogP contribution in [-0.2, 0) is 17.9 Å². The van der Waals surface area contributed by atoms with Crippen LogP contribution in [0.25, 0.3) is 0 Å². The monoisotopic (exact) mass is 505 g/mol. The zero-order valence-electron chi connectivity index (χ0n) is 17.0. The minimum Gasteiger partial charge on any atom is -0.493 e. The lowest BCUT2D eigenvalue weighted by Gasteiger charge is -2.15. The van der Waals surface area contributed by atoms with Crippen molar-refractivity contribution in [1.29, 1.82) is 0 Å². The summed E-state index contributed by atoms with van der Waals surface area (Å²) in [5, 5.41) is 4.13. The molecular weight excluding hydrogens is 477 g/mol. The van der Waals surface area contributed by atoms with E-state index >= 15 is 0 Å². The van der Waals surface area contributed by atoms with Crippen LogP contribution in [0, 0.1) is 0 Å². The molecule has 2 aromatic carbocycles. The van der Waals surface area contributed by atoms with Crippen molar-refractivity contribution in [2.45, 2.75) is 39.3 Å². The van der Waals surface area contributed by atoms with E-state index in [1.807, 2.05) is 30.3 Å². The molecule has 0 heterocycles. The van der Waals surface area contributed by atoms with E-state index < -0.39 is 0 Å². The molecule has 0 atom stereocenters. The number of halogens is 3. The lowest BCUT2D eigenvalue weighted by Crippen LogP contribution is -2.16. The van der Waals surface area contributed by atoms with Gasteiger partial charge in [0, 0.05) is 30.3 Å². The van der Waals surface area contributed by atoms with Gasteiger partial charge in [0.1, 0.15) is 6.61 Å². The van der Waals surface area contributed by atoms with E-state index in [0.29, 0.717) is 23.1 Å². The first-order chi connectivity index (χ1) is 13.7. The third-order valence-electron chi connectivity index (χ3n) is 4.23. The fraction of sp³-hybridized carbons (Fsp3) is 0.455. The van der Waals surface area contributed by atoms with Crippen LogP contribution in [0.5, 0.6) is 11.5 Å². The summed E-state index contributed by atoms with van der Waals surface area (Å²) in [5.74, 6) is 1.37. The first-order valence-corrected chi connectivity index (χ1v) is 10.8. The molecule has 29 heavy (non-hydrogen) atoms. The Morgan fingerprint density at radius 2 is 1.86 bits per heavy atom. The molecule has 162 valence electrons. The number of benzene rings is 2. The van der Waals surface area contributed by atoms with Crippen molar-refractivity contribution < 1.29 is 14.2 Å². The van der Waals surface area contributed by atoms with E-state index in [0.717, 1.165) is 54.7 Å². The summed E-state index contributed by atoms with van der Waals surface area (Å²) in [4.78, 5) is 0. The molecule has 0 amide bonds. The van der Waals surface area contributed by atoms with Crippen LogP contribution in [-0.4, -0.2) is 26.9 Å². The van der Waals surface area contributed by atoms with Crippen LogP contribution in [0.2, 0.25) is 5.02 Å². The first kappa shape index (κ1) is 26.1. The Hall–Kier alpha value is -0.980. The molecule has 2 aromatic rings. The number of rotatable bonds is 13. The first-order valence-electron chi connectivity index (χ1n) is 9.66. The maximum Gasteiger partial charge on any atom is 0.175 e. The molecule has 0 saturated heterocycles. The average Bonchev–Trinajstić information content (AvgIpc) is 2.70. The lowest BCUT2D eigenvalue weighted by molar-refractivity contribution is 0.129. The highest BCUT2D eigenvalue weighted by atomic mass is 79.9. The molecule has 7 heteroatoms. The minimum atomic E-state index is 0. The molecule has 0 aliphatic carbocycles. The minimum absolute atomic E-state index is 0. The van der Waals surface area contributed by atoms with Crippen LogP contribution in [0.3, 0.4) is 0 Å². The summed E-state index contributed by atoms with van der Waals surface area (Å²) in [6.07, 6.45) is 3.31. The van der Waals surface area contributed by atoms with Gasteiger partial charge < -0.3 is 19.5 Å². The van der Waals surface area contributed by atoms with Crippen molar-refractivity contribution in [3.8, 4) is 11.5 Å². The maximum atomic E-state index is 6.21. The van der Waals surface area contributed by atoms with Crippen molar-refractivity contribution in [3.63, 3.8) is 0 Å². The molecule has 0 spiro atoms. The molecule has 0 aliphatic heterocycles. The number of unbranched alkanes of at least 4 members (excludes halogenated alkanes) is 1. The number of hydrogen-bond acceptors (Lipinski definition) is 4. The van der Waals surface area contributed by atoms with Crippen molar-refractivity contribution in [3.05, 3.63) is 57.0 Å². The summed E-state index contributed by atoms with van der Waals surface area (Å²) in [5.41, 5.74) is 2.06. The summed E-state index contributed by atoms with van der Waals surface area (Å²) in [7, 11) is 1.65. The van der Waals surface area contributed by atoms with Crippen molar-refractivity contribution in [1.82, 2.24) is 5.32 Å². The van der Waals surface area contributed by atoms with Gasteiger partial charge in [0.2, 0.25) is 0 Å². The van der Waals surface area contributed by atoms with E-state index in [9.17, 15) is 0 Å². The largest absolute Gasteiger partial charge is 0.493 e. The van der Waals surface area contributed by atoms with Gasteiger partial charge in [0.25, 0.3) is 0 Å². The summed E-state index contributed by atoms with van der Waals surface area (Å²) < 4.78 is 17.9. The van der Waals surface area contributed by atoms with Gasteiger partial charge in [-0.05, 0) is 59.1 Å². The Morgan fingerprint density at radius 1 is 1.10 bits per heavy atom. The van der Waals surface area contributed by atoms with Crippen LogP contribution in [0.15, 0.2) is 40.9 Å². The van der Waals surface area contributed by atoms with Gasteiger partial charge in [-0.1, -0.05) is 43.1 Å². The highest BCUT2D eigenvalue weighted by Gasteiger charge is 2.12. The van der Waals surface area contributed by atoms with E-state index in [4.69, 9.17) is 25.8 Å². The van der Waals surface area contributed by atoms with Crippen LogP contribution in [0.4, 0.5) is 0 Å². The number of ether oxygens (including phenoxy) is 3. The molecule has 4 nitrogen and oxygen atoms in total. The standard InChI is InChI=1S/C22H29BrClNO3.ClH/c1-3-4-11-27-12-7-10-25-15-17-13-19(23)22(21(14-17)26-2)28-16-18-8-5-6-9-20(18)24;/h5-6,8-9,13-14,25H,3-4,7,10-12,15-16H2,1-2H3;1H. The molecule has 0 saturated carbocycles. The van der Waals surface area contributed by atoms with Gasteiger partial charge in [0.05, 0.1) is 11.6 Å². The zero-order chi connectivity index (χ0) is 20.2. The highest BCUT2D eigenvalue weighted by Crippen LogP contribution is 2.37. The van der Waals surface area contributed by atoms with Crippen LogP contribution >= 0.6 is 39.9 Å². The molecule has 0 bridgehead atoms.